The Kier molecular flexibility index (Phi) is 5.95. The molecule has 3 heterocycles. The zero-order valence-corrected chi connectivity index (χ0v) is 14.7. The maximum absolute atomic E-state index is 12.9. The average Bonchev–Trinajstić information content (AvgIpc) is 2.86. The van der Waals surface area contributed by atoms with Gasteiger partial charge in [0.15, 0.2) is 0 Å². The zero-order valence-electron chi connectivity index (χ0n) is 14.7. The standard InChI is InChI=1S/C17H24F3N5O/c18-17(19,20)13-23-7-3-9-24(11-10-23)15(26)14-4-1-8-25(12-14)16-21-5-2-6-22-16/h2,5-6,14H,1,3-4,7-13H2. The van der Waals surface area contributed by atoms with E-state index in [9.17, 15) is 18.0 Å². The molecule has 1 aromatic rings. The monoisotopic (exact) mass is 371 g/mol. The molecule has 144 valence electrons. The van der Waals surface area contributed by atoms with E-state index in [1.54, 1.807) is 23.4 Å². The molecule has 1 aromatic heterocycles. The lowest BCUT2D eigenvalue weighted by Gasteiger charge is -2.34. The molecule has 0 aliphatic carbocycles. The van der Waals surface area contributed by atoms with Crippen molar-refractivity contribution < 1.29 is 18.0 Å². The third-order valence-electron chi connectivity index (χ3n) is 4.91. The van der Waals surface area contributed by atoms with Gasteiger partial charge in [0.2, 0.25) is 11.9 Å². The predicted molar refractivity (Wildman–Crippen MR) is 90.7 cm³/mol. The Balaban J connectivity index is 1.57. The topological polar surface area (TPSA) is 52.6 Å². The molecular weight excluding hydrogens is 347 g/mol. The molecule has 2 saturated heterocycles. The van der Waals surface area contributed by atoms with E-state index in [1.165, 1.54) is 4.90 Å². The fourth-order valence-electron chi connectivity index (χ4n) is 3.68. The van der Waals surface area contributed by atoms with Gasteiger partial charge in [-0.05, 0) is 25.3 Å². The number of anilines is 1. The van der Waals surface area contributed by atoms with Crippen LogP contribution >= 0.6 is 0 Å². The molecule has 2 aliphatic rings. The smallest absolute Gasteiger partial charge is 0.341 e. The predicted octanol–water partition coefficient (Wildman–Crippen LogP) is 1.79. The summed E-state index contributed by atoms with van der Waals surface area (Å²) >= 11 is 0. The Labute approximate surface area is 151 Å². The highest BCUT2D eigenvalue weighted by atomic mass is 19.4. The molecule has 0 aromatic carbocycles. The number of hydrogen-bond donors (Lipinski definition) is 0. The van der Waals surface area contributed by atoms with Gasteiger partial charge in [0.05, 0.1) is 12.5 Å². The van der Waals surface area contributed by atoms with Gasteiger partial charge in [-0.1, -0.05) is 0 Å². The van der Waals surface area contributed by atoms with E-state index in [0.717, 1.165) is 19.4 Å². The lowest BCUT2D eigenvalue weighted by molar-refractivity contribution is -0.145. The number of alkyl halides is 3. The fraction of sp³-hybridized carbons (Fsp3) is 0.706. The van der Waals surface area contributed by atoms with Gasteiger partial charge >= 0.3 is 6.18 Å². The number of hydrogen-bond acceptors (Lipinski definition) is 5. The van der Waals surface area contributed by atoms with Crippen LogP contribution in [0.15, 0.2) is 18.5 Å². The van der Waals surface area contributed by atoms with E-state index in [4.69, 9.17) is 0 Å². The van der Waals surface area contributed by atoms with Gasteiger partial charge < -0.3 is 9.80 Å². The summed E-state index contributed by atoms with van der Waals surface area (Å²) in [7, 11) is 0. The Hall–Kier alpha value is -1.90. The molecule has 1 amide bonds. The van der Waals surface area contributed by atoms with E-state index in [2.05, 4.69) is 9.97 Å². The van der Waals surface area contributed by atoms with E-state index in [1.807, 2.05) is 4.90 Å². The summed E-state index contributed by atoms with van der Waals surface area (Å²) in [5.41, 5.74) is 0. The molecule has 6 nitrogen and oxygen atoms in total. The van der Waals surface area contributed by atoms with Crippen molar-refractivity contribution >= 4 is 11.9 Å². The van der Waals surface area contributed by atoms with Crippen molar-refractivity contribution in [1.82, 2.24) is 19.8 Å². The van der Waals surface area contributed by atoms with Crippen LogP contribution in [-0.4, -0.2) is 77.7 Å². The largest absolute Gasteiger partial charge is 0.401 e. The molecule has 2 fully saturated rings. The minimum absolute atomic E-state index is 0.0412. The summed E-state index contributed by atoms with van der Waals surface area (Å²) < 4.78 is 37.8. The summed E-state index contributed by atoms with van der Waals surface area (Å²) in [5, 5.41) is 0. The molecule has 0 saturated carbocycles. The molecule has 1 unspecified atom stereocenters. The van der Waals surface area contributed by atoms with Gasteiger partial charge in [-0.15, -0.1) is 0 Å². The molecule has 0 N–H and O–H groups in total. The molecule has 0 radical (unpaired) electrons. The van der Waals surface area contributed by atoms with Crippen LogP contribution in [-0.2, 0) is 4.79 Å². The number of carbonyl (C=O) groups excluding carboxylic acids is 1. The number of nitrogens with zero attached hydrogens (tertiary/aromatic N) is 5. The molecule has 1 atom stereocenters. The highest BCUT2D eigenvalue weighted by molar-refractivity contribution is 5.79. The second kappa shape index (κ2) is 8.20. The number of halogens is 3. The van der Waals surface area contributed by atoms with Crippen molar-refractivity contribution in [3.63, 3.8) is 0 Å². The zero-order chi connectivity index (χ0) is 18.6. The van der Waals surface area contributed by atoms with Gasteiger partial charge in [-0.2, -0.15) is 13.2 Å². The molecule has 26 heavy (non-hydrogen) atoms. The van der Waals surface area contributed by atoms with E-state index in [0.29, 0.717) is 38.5 Å². The molecule has 2 aliphatic heterocycles. The van der Waals surface area contributed by atoms with Crippen molar-refractivity contribution in [2.45, 2.75) is 25.4 Å². The molecule has 3 rings (SSSR count). The van der Waals surface area contributed by atoms with Crippen LogP contribution in [0.5, 0.6) is 0 Å². The highest BCUT2D eigenvalue weighted by Crippen LogP contribution is 2.23. The average molecular weight is 371 g/mol. The lowest BCUT2D eigenvalue weighted by atomic mass is 9.96. The van der Waals surface area contributed by atoms with Crippen LogP contribution in [0.3, 0.4) is 0 Å². The van der Waals surface area contributed by atoms with E-state index < -0.39 is 12.7 Å². The van der Waals surface area contributed by atoms with Crippen molar-refractivity contribution in [1.29, 1.82) is 0 Å². The van der Waals surface area contributed by atoms with Crippen molar-refractivity contribution in [3.05, 3.63) is 18.5 Å². The van der Waals surface area contributed by atoms with E-state index in [-0.39, 0.29) is 18.4 Å². The van der Waals surface area contributed by atoms with Crippen molar-refractivity contribution in [3.8, 4) is 0 Å². The first-order chi connectivity index (χ1) is 12.4. The number of piperidine rings is 1. The number of carbonyl (C=O) groups is 1. The maximum atomic E-state index is 12.9. The third kappa shape index (κ3) is 5.06. The second-order valence-corrected chi connectivity index (χ2v) is 6.90. The van der Waals surface area contributed by atoms with Gasteiger partial charge in [-0.25, -0.2) is 9.97 Å². The SMILES string of the molecule is O=C(C1CCCN(c2ncccn2)C1)N1CCCN(CC(F)(F)F)CC1. The quantitative estimate of drug-likeness (QED) is 0.811. The van der Waals surface area contributed by atoms with Crippen LogP contribution in [0.1, 0.15) is 19.3 Å². The maximum Gasteiger partial charge on any atom is 0.401 e. The lowest BCUT2D eigenvalue weighted by Crippen LogP contribution is -2.46. The van der Waals surface area contributed by atoms with E-state index >= 15 is 0 Å². The van der Waals surface area contributed by atoms with Gasteiger partial charge in [0.25, 0.3) is 0 Å². The van der Waals surface area contributed by atoms with Crippen molar-refractivity contribution in [2.75, 3.05) is 50.7 Å². The number of aromatic nitrogens is 2. The minimum atomic E-state index is -4.20. The second-order valence-electron chi connectivity index (χ2n) is 6.90. The Bertz CT molecular complexity index is 598. The Morgan fingerprint density at radius 3 is 2.58 bits per heavy atom. The first-order valence-electron chi connectivity index (χ1n) is 9.02. The van der Waals surface area contributed by atoms with Crippen molar-refractivity contribution in [2.24, 2.45) is 5.92 Å². The first-order valence-corrected chi connectivity index (χ1v) is 9.02. The van der Waals surface area contributed by atoms with Gasteiger partial charge in [0.1, 0.15) is 0 Å². The summed E-state index contributed by atoms with van der Waals surface area (Å²) in [4.78, 5) is 26.5. The summed E-state index contributed by atoms with van der Waals surface area (Å²) in [6, 6.07) is 1.75. The molecule has 0 spiro atoms. The van der Waals surface area contributed by atoms with Gasteiger partial charge in [0, 0.05) is 51.7 Å². The molecular formula is C17H24F3N5O. The Morgan fingerprint density at radius 2 is 1.85 bits per heavy atom. The molecule has 0 bridgehead atoms. The fourth-order valence-corrected chi connectivity index (χ4v) is 3.68. The van der Waals surface area contributed by atoms with Crippen LogP contribution in [0.25, 0.3) is 0 Å². The minimum Gasteiger partial charge on any atom is -0.341 e. The van der Waals surface area contributed by atoms with Gasteiger partial charge in [-0.3, -0.25) is 9.69 Å². The summed E-state index contributed by atoms with van der Waals surface area (Å²) in [6.07, 6.45) is 1.40. The highest BCUT2D eigenvalue weighted by Gasteiger charge is 2.34. The third-order valence-corrected chi connectivity index (χ3v) is 4.91. The number of rotatable bonds is 3. The summed E-state index contributed by atoms with van der Waals surface area (Å²) in [6.45, 7) is 1.98. The Morgan fingerprint density at radius 1 is 1.08 bits per heavy atom. The van der Waals surface area contributed by atoms with Crippen LogP contribution < -0.4 is 4.90 Å². The molecule has 9 heteroatoms. The van der Waals surface area contributed by atoms with Crippen LogP contribution in [0, 0.1) is 5.92 Å². The normalized spacial score (nSPS) is 23.0. The summed E-state index contributed by atoms with van der Waals surface area (Å²) in [5.74, 6) is 0.512. The number of amides is 1. The van der Waals surface area contributed by atoms with Crippen LogP contribution in [0.2, 0.25) is 0 Å². The first kappa shape index (κ1) is 18.9. The van der Waals surface area contributed by atoms with Crippen LogP contribution in [0.4, 0.5) is 19.1 Å².